The highest BCUT2D eigenvalue weighted by Crippen LogP contribution is 2.15. The standard InChI is InChI=1S/C16H19N3/c1-2-4-16-13-19(10-9-18-11-15(16)3-1)12-14-5-7-17-8-6-14/h1-8,18H,9-13H2. The largest absolute Gasteiger partial charge is 0.311 e. The van der Waals surface area contributed by atoms with E-state index in [1.807, 2.05) is 12.4 Å². The van der Waals surface area contributed by atoms with Gasteiger partial charge in [0.1, 0.15) is 0 Å². The molecule has 3 heteroatoms. The zero-order valence-electron chi connectivity index (χ0n) is 11.0. The Balaban J connectivity index is 1.76. The van der Waals surface area contributed by atoms with Gasteiger partial charge in [-0.2, -0.15) is 0 Å². The number of rotatable bonds is 2. The van der Waals surface area contributed by atoms with Gasteiger partial charge in [-0.05, 0) is 28.8 Å². The lowest BCUT2D eigenvalue weighted by molar-refractivity contribution is 0.250. The Bertz CT molecular complexity index is 525. The molecule has 3 rings (SSSR count). The van der Waals surface area contributed by atoms with Crippen LogP contribution in [0.4, 0.5) is 0 Å². The zero-order valence-corrected chi connectivity index (χ0v) is 11.0. The Morgan fingerprint density at radius 3 is 2.68 bits per heavy atom. The summed E-state index contributed by atoms with van der Waals surface area (Å²) < 4.78 is 0. The average molecular weight is 253 g/mol. The van der Waals surface area contributed by atoms with Crippen LogP contribution in [-0.2, 0) is 19.6 Å². The Morgan fingerprint density at radius 2 is 1.84 bits per heavy atom. The van der Waals surface area contributed by atoms with Crippen molar-refractivity contribution in [3.8, 4) is 0 Å². The highest BCUT2D eigenvalue weighted by Gasteiger charge is 2.12. The van der Waals surface area contributed by atoms with E-state index in [0.717, 1.165) is 32.7 Å². The Kier molecular flexibility index (Phi) is 3.86. The highest BCUT2D eigenvalue weighted by atomic mass is 15.1. The summed E-state index contributed by atoms with van der Waals surface area (Å²) >= 11 is 0. The van der Waals surface area contributed by atoms with Crippen LogP contribution in [-0.4, -0.2) is 23.0 Å². The molecule has 0 atom stereocenters. The molecule has 0 unspecified atom stereocenters. The van der Waals surface area contributed by atoms with Gasteiger partial charge < -0.3 is 5.32 Å². The van der Waals surface area contributed by atoms with Gasteiger partial charge in [-0.15, -0.1) is 0 Å². The van der Waals surface area contributed by atoms with Gasteiger partial charge in [0.15, 0.2) is 0 Å². The van der Waals surface area contributed by atoms with Crippen LogP contribution in [0.2, 0.25) is 0 Å². The van der Waals surface area contributed by atoms with Crippen LogP contribution in [0.5, 0.6) is 0 Å². The molecule has 0 aliphatic carbocycles. The average Bonchev–Trinajstić information content (AvgIpc) is 2.43. The first-order valence-corrected chi connectivity index (χ1v) is 6.80. The molecule has 0 spiro atoms. The third kappa shape index (κ3) is 3.19. The summed E-state index contributed by atoms with van der Waals surface area (Å²) in [6, 6.07) is 12.9. The fourth-order valence-electron chi connectivity index (χ4n) is 2.55. The summed E-state index contributed by atoms with van der Waals surface area (Å²) in [5.41, 5.74) is 4.18. The Labute approximate surface area is 114 Å². The van der Waals surface area contributed by atoms with Crippen LogP contribution in [0.25, 0.3) is 0 Å². The summed E-state index contributed by atoms with van der Waals surface area (Å²) in [5.74, 6) is 0. The first-order valence-electron chi connectivity index (χ1n) is 6.80. The van der Waals surface area contributed by atoms with Crippen LogP contribution in [0.1, 0.15) is 16.7 Å². The summed E-state index contributed by atoms with van der Waals surface area (Å²) in [5, 5.41) is 3.51. The fourth-order valence-corrected chi connectivity index (χ4v) is 2.55. The van der Waals surface area contributed by atoms with Crippen molar-refractivity contribution in [2.75, 3.05) is 13.1 Å². The van der Waals surface area contributed by atoms with Crippen LogP contribution in [0.3, 0.4) is 0 Å². The van der Waals surface area contributed by atoms with Crippen molar-refractivity contribution >= 4 is 0 Å². The van der Waals surface area contributed by atoms with Gasteiger partial charge in [-0.25, -0.2) is 0 Å². The number of pyridine rings is 1. The van der Waals surface area contributed by atoms with Crippen molar-refractivity contribution in [2.45, 2.75) is 19.6 Å². The number of hydrogen-bond donors (Lipinski definition) is 1. The lowest BCUT2D eigenvalue weighted by atomic mass is 10.1. The monoisotopic (exact) mass is 253 g/mol. The summed E-state index contributed by atoms with van der Waals surface area (Å²) in [6.45, 7) is 5.12. The minimum atomic E-state index is 0.985. The predicted octanol–water partition coefficient (Wildman–Crippen LogP) is 2.19. The number of aromatic nitrogens is 1. The SMILES string of the molecule is c1ccc2c(c1)CNCCN(Cc1ccncc1)C2. The lowest BCUT2D eigenvalue weighted by Crippen LogP contribution is -2.34. The molecule has 1 N–H and O–H groups in total. The summed E-state index contributed by atoms with van der Waals surface area (Å²) in [6.07, 6.45) is 3.73. The molecule has 1 aliphatic rings. The van der Waals surface area contributed by atoms with Crippen LogP contribution >= 0.6 is 0 Å². The molecule has 98 valence electrons. The maximum atomic E-state index is 4.08. The number of benzene rings is 1. The van der Waals surface area contributed by atoms with E-state index in [9.17, 15) is 0 Å². The van der Waals surface area contributed by atoms with Crippen molar-refractivity contribution in [3.63, 3.8) is 0 Å². The van der Waals surface area contributed by atoms with E-state index >= 15 is 0 Å². The molecule has 0 bridgehead atoms. The molecule has 2 heterocycles. The number of hydrogen-bond acceptors (Lipinski definition) is 3. The molecule has 0 radical (unpaired) electrons. The maximum absolute atomic E-state index is 4.08. The van der Waals surface area contributed by atoms with Gasteiger partial charge in [0.05, 0.1) is 0 Å². The molecular weight excluding hydrogens is 234 g/mol. The predicted molar refractivity (Wildman–Crippen MR) is 76.5 cm³/mol. The number of fused-ring (bicyclic) bond motifs is 1. The van der Waals surface area contributed by atoms with E-state index in [1.54, 1.807) is 0 Å². The Morgan fingerprint density at radius 1 is 1.05 bits per heavy atom. The van der Waals surface area contributed by atoms with Crippen LogP contribution < -0.4 is 5.32 Å². The summed E-state index contributed by atoms with van der Waals surface area (Å²) in [4.78, 5) is 6.56. The second-order valence-corrected chi connectivity index (χ2v) is 5.01. The molecule has 0 saturated carbocycles. The maximum Gasteiger partial charge on any atom is 0.0271 e. The Hall–Kier alpha value is -1.71. The molecular formula is C16H19N3. The molecule has 3 nitrogen and oxygen atoms in total. The topological polar surface area (TPSA) is 28.2 Å². The van der Waals surface area contributed by atoms with Crippen LogP contribution in [0.15, 0.2) is 48.8 Å². The van der Waals surface area contributed by atoms with E-state index in [-0.39, 0.29) is 0 Å². The van der Waals surface area contributed by atoms with Gasteiger partial charge in [-0.3, -0.25) is 9.88 Å². The van der Waals surface area contributed by atoms with Crippen molar-refractivity contribution in [1.29, 1.82) is 0 Å². The molecule has 2 aromatic rings. The van der Waals surface area contributed by atoms with Gasteiger partial charge in [0, 0.05) is 45.1 Å². The van der Waals surface area contributed by atoms with E-state index in [1.165, 1.54) is 16.7 Å². The molecule has 1 aromatic heterocycles. The van der Waals surface area contributed by atoms with Crippen LogP contribution in [0, 0.1) is 0 Å². The van der Waals surface area contributed by atoms with Crippen molar-refractivity contribution in [3.05, 3.63) is 65.5 Å². The fraction of sp³-hybridized carbons (Fsp3) is 0.312. The van der Waals surface area contributed by atoms with Gasteiger partial charge in [0.25, 0.3) is 0 Å². The lowest BCUT2D eigenvalue weighted by Gasteiger charge is -2.26. The molecule has 0 fully saturated rings. The van der Waals surface area contributed by atoms with E-state index < -0.39 is 0 Å². The summed E-state index contributed by atoms with van der Waals surface area (Å²) in [7, 11) is 0. The van der Waals surface area contributed by atoms with Gasteiger partial charge in [0.2, 0.25) is 0 Å². The zero-order chi connectivity index (χ0) is 12.9. The van der Waals surface area contributed by atoms with Gasteiger partial charge in [-0.1, -0.05) is 24.3 Å². The normalized spacial score (nSPS) is 16.4. The third-order valence-electron chi connectivity index (χ3n) is 3.59. The van der Waals surface area contributed by atoms with Crippen molar-refractivity contribution < 1.29 is 0 Å². The molecule has 19 heavy (non-hydrogen) atoms. The first-order chi connectivity index (χ1) is 9.42. The number of nitrogens with one attached hydrogen (secondary N) is 1. The van der Waals surface area contributed by atoms with E-state index in [2.05, 4.69) is 51.6 Å². The van der Waals surface area contributed by atoms with E-state index in [0.29, 0.717) is 0 Å². The smallest absolute Gasteiger partial charge is 0.0271 e. The molecule has 0 saturated heterocycles. The first kappa shape index (κ1) is 12.3. The molecule has 1 aliphatic heterocycles. The molecule has 1 aromatic carbocycles. The second-order valence-electron chi connectivity index (χ2n) is 5.01. The third-order valence-corrected chi connectivity index (χ3v) is 3.59. The van der Waals surface area contributed by atoms with Gasteiger partial charge >= 0.3 is 0 Å². The minimum Gasteiger partial charge on any atom is -0.311 e. The quantitative estimate of drug-likeness (QED) is 0.889. The number of nitrogens with zero attached hydrogens (tertiary/aromatic N) is 2. The second kappa shape index (κ2) is 5.95. The van der Waals surface area contributed by atoms with Crippen molar-refractivity contribution in [1.82, 2.24) is 15.2 Å². The minimum absolute atomic E-state index is 0.985. The van der Waals surface area contributed by atoms with Crippen molar-refractivity contribution in [2.24, 2.45) is 0 Å². The van der Waals surface area contributed by atoms with E-state index in [4.69, 9.17) is 0 Å². The molecule has 0 amide bonds. The highest BCUT2D eigenvalue weighted by molar-refractivity contribution is 5.27.